The normalized spacial score (nSPS) is 11.6. The van der Waals surface area contributed by atoms with Crippen LogP contribution in [0.25, 0.3) is 10.8 Å². The maximum absolute atomic E-state index is 12.2. The van der Waals surface area contributed by atoms with Crippen LogP contribution >= 0.6 is 0 Å². The monoisotopic (exact) mass is 287 g/mol. The Morgan fingerprint density at radius 1 is 1.10 bits per heavy atom. The Bertz CT molecular complexity index is 607. The molecule has 0 saturated heterocycles. The van der Waals surface area contributed by atoms with Crippen LogP contribution in [0.3, 0.4) is 0 Å². The smallest absolute Gasteiger partial charge is 0.225 e. The van der Waals surface area contributed by atoms with Crippen molar-refractivity contribution in [1.82, 2.24) is 5.32 Å². The SMILES string of the molecule is CCC(CO)(CO)NC(=O)Cc1cccc2ccccc12. The highest BCUT2D eigenvalue weighted by Crippen LogP contribution is 2.19. The van der Waals surface area contributed by atoms with E-state index in [1.165, 1.54) is 0 Å². The van der Waals surface area contributed by atoms with Crippen molar-refractivity contribution in [2.45, 2.75) is 25.3 Å². The quantitative estimate of drug-likeness (QED) is 0.756. The van der Waals surface area contributed by atoms with Gasteiger partial charge in [-0.2, -0.15) is 0 Å². The van der Waals surface area contributed by atoms with E-state index in [0.29, 0.717) is 6.42 Å². The van der Waals surface area contributed by atoms with Gasteiger partial charge in [0.25, 0.3) is 0 Å². The number of benzene rings is 2. The number of amides is 1. The standard InChI is InChI=1S/C17H21NO3/c1-2-17(11-19,12-20)18-16(21)10-14-8-5-7-13-6-3-4-9-15(13)14/h3-9,19-20H,2,10-12H2,1H3,(H,18,21). The van der Waals surface area contributed by atoms with Crippen molar-refractivity contribution in [1.29, 1.82) is 0 Å². The average molecular weight is 287 g/mol. The second-order valence-electron chi connectivity index (χ2n) is 5.31. The molecule has 0 aromatic heterocycles. The topological polar surface area (TPSA) is 69.6 Å². The summed E-state index contributed by atoms with van der Waals surface area (Å²) >= 11 is 0. The third-order valence-corrected chi connectivity index (χ3v) is 3.92. The van der Waals surface area contributed by atoms with Crippen LogP contribution in [0.4, 0.5) is 0 Å². The summed E-state index contributed by atoms with van der Waals surface area (Å²) in [6, 6.07) is 13.8. The Kier molecular flexibility index (Phi) is 4.94. The van der Waals surface area contributed by atoms with Crippen LogP contribution in [0.5, 0.6) is 0 Å². The van der Waals surface area contributed by atoms with E-state index in [4.69, 9.17) is 0 Å². The number of carbonyl (C=O) groups is 1. The largest absolute Gasteiger partial charge is 0.394 e. The zero-order chi connectivity index (χ0) is 15.3. The number of nitrogens with one attached hydrogen (secondary N) is 1. The molecular weight excluding hydrogens is 266 g/mol. The van der Waals surface area contributed by atoms with Crippen molar-refractivity contribution in [3.8, 4) is 0 Å². The number of rotatable bonds is 6. The van der Waals surface area contributed by atoms with Crippen LogP contribution in [-0.4, -0.2) is 34.9 Å². The van der Waals surface area contributed by atoms with Gasteiger partial charge in [-0.05, 0) is 22.8 Å². The summed E-state index contributed by atoms with van der Waals surface area (Å²) < 4.78 is 0. The maximum Gasteiger partial charge on any atom is 0.225 e. The number of carbonyl (C=O) groups excluding carboxylic acids is 1. The summed E-state index contributed by atoms with van der Waals surface area (Å²) in [5.41, 5.74) is -0.00623. The minimum Gasteiger partial charge on any atom is -0.394 e. The number of hydrogen-bond acceptors (Lipinski definition) is 3. The first-order chi connectivity index (χ1) is 10.1. The lowest BCUT2D eigenvalue weighted by molar-refractivity contribution is -0.123. The van der Waals surface area contributed by atoms with Crippen LogP contribution in [0, 0.1) is 0 Å². The van der Waals surface area contributed by atoms with E-state index in [2.05, 4.69) is 5.32 Å². The molecule has 0 aliphatic heterocycles. The Labute approximate surface area is 124 Å². The summed E-state index contributed by atoms with van der Waals surface area (Å²) in [5.74, 6) is -0.198. The Balaban J connectivity index is 2.19. The van der Waals surface area contributed by atoms with Crippen molar-refractivity contribution in [3.63, 3.8) is 0 Å². The minimum absolute atomic E-state index is 0.198. The van der Waals surface area contributed by atoms with E-state index < -0.39 is 5.54 Å². The molecule has 3 N–H and O–H groups in total. The van der Waals surface area contributed by atoms with Crippen molar-refractivity contribution >= 4 is 16.7 Å². The molecule has 0 saturated carbocycles. The molecule has 2 rings (SSSR count). The molecular formula is C17H21NO3. The van der Waals surface area contributed by atoms with Crippen LogP contribution in [0.15, 0.2) is 42.5 Å². The Morgan fingerprint density at radius 2 is 1.76 bits per heavy atom. The summed E-state index contributed by atoms with van der Waals surface area (Å²) in [6.07, 6.45) is 0.699. The molecule has 2 aromatic rings. The fraction of sp³-hybridized carbons (Fsp3) is 0.353. The van der Waals surface area contributed by atoms with Gasteiger partial charge in [0.2, 0.25) is 5.91 Å². The highest BCUT2D eigenvalue weighted by molar-refractivity contribution is 5.90. The lowest BCUT2D eigenvalue weighted by Crippen LogP contribution is -2.54. The van der Waals surface area contributed by atoms with Gasteiger partial charge in [-0.3, -0.25) is 4.79 Å². The van der Waals surface area contributed by atoms with Crippen molar-refractivity contribution in [2.24, 2.45) is 0 Å². The van der Waals surface area contributed by atoms with E-state index in [1.807, 2.05) is 49.4 Å². The van der Waals surface area contributed by atoms with Gasteiger partial charge >= 0.3 is 0 Å². The number of aliphatic hydroxyl groups is 2. The van der Waals surface area contributed by atoms with Gasteiger partial charge in [0.15, 0.2) is 0 Å². The first-order valence-electron chi connectivity index (χ1n) is 7.13. The fourth-order valence-electron chi connectivity index (χ4n) is 2.40. The van der Waals surface area contributed by atoms with Crippen molar-refractivity contribution in [2.75, 3.05) is 13.2 Å². The van der Waals surface area contributed by atoms with E-state index in [-0.39, 0.29) is 25.5 Å². The van der Waals surface area contributed by atoms with Gasteiger partial charge in [-0.15, -0.1) is 0 Å². The first kappa shape index (κ1) is 15.5. The third kappa shape index (κ3) is 3.40. The first-order valence-corrected chi connectivity index (χ1v) is 7.13. The van der Waals surface area contributed by atoms with Gasteiger partial charge in [0.1, 0.15) is 0 Å². The minimum atomic E-state index is -0.943. The molecule has 0 aliphatic rings. The second-order valence-corrected chi connectivity index (χ2v) is 5.31. The molecule has 4 heteroatoms. The molecule has 0 bridgehead atoms. The number of fused-ring (bicyclic) bond motifs is 1. The average Bonchev–Trinajstić information content (AvgIpc) is 2.53. The van der Waals surface area contributed by atoms with Gasteiger partial charge in [0.05, 0.1) is 25.2 Å². The lowest BCUT2D eigenvalue weighted by atomic mass is 9.97. The van der Waals surface area contributed by atoms with Gasteiger partial charge in [0, 0.05) is 0 Å². The van der Waals surface area contributed by atoms with E-state index in [0.717, 1.165) is 16.3 Å². The maximum atomic E-state index is 12.2. The van der Waals surface area contributed by atoms with Crippen molar-refractivity contribution in [3.05, 3.63) is 48.0 Å². The zero-order valence-corrected chi connectivity index (χ0v) is 12.2. The molecule has 0 spiro atoms. The molecule has 0 radical (unpaired) electrons. The van der Waals surface area contributed by atoms with Gasteiger partial charge in [-0.1, -0.05) is 49.4 Å². The zero-order valence-electron chi connectivity index (χ0n) is 12.2. The Hall–Kier alpha value is -1.91. The lowest BCUT2D eigenvalue weighted by Gasteiger charge is -2.29. The van der Waals surface area contributed by atoms with Gasteiger partial charge < -0.3 is 15.5 Å². The van der Waals surface area contributed by atoms with E-state index >= 15 is 0 Å². The van der Waals surface area contributed by atoms with Crippen LogP contribution < -0.4 is 5.32 Å². The highest BCUT2D eigenvalue weighted by Gasteiger charge is 2.28. The van der Waals surface area contributed by atoms with Crippen LogP contribution in [0.2, 0.25) is 0 Å². The van der Waals surface area contributed by atoms with Crippen LogP contribution in [0.1, 0.15) is 18.9 Å². The van der Waals surface area contributed by atoms with E-state index in [9.17, 15) is 15.0 Å². The second kappa shape index (κ2) is 6.70. The fourth-order valence-corrected chi connectivity index (χ4v) is 2.40. The molecule has 2 aromatic carbocycles. The van der Waals surface area contributed by atoms with Crippen LogP contribution in [-0.2, 0) is 11.2 Å². The van der Waals surface area contributed by atoms with E-state index in [1.54, 1.807) is 0 Å². The summed E-state index contributed by atoms with van der Waals surface area (Å²) in [7, 11) is 0. The molecule has 112 valence electrons. The summed E-state index contributed by atoms with van der Waals surface area (Å²) in [5, 5.41) is 23.7. The molecule has 0 atom stereocenters. The predicted octanol–water partition coefficient (Wildman–Crippen LogP) is 1.63. The molecule has 0 aliphatic carbocycles. The molecule has 0 heterocycles. The van der Waals surface area contributed by atoms with Crippen molar-refractivity contribution < 1.29 is 15.0 Å². The Morgan fingerprint density at radius 3 is 2.43 bits per heavy atom. The number of hydrogen-bond donors (Lipinski definition) is 3. The molecule has 1 amide bonds. The third-order valence-electron chi connectivity index (χ3n) is 3.92. The summed E-state index contributed by atoms with van der Waals surface area (Å²) in [6.45, 7) is 1.27. The van der Waals surface area contributed by atoms with Gasteiger partial charge in [-0.25, -0.2) is 0 Å². The molecule has 21 heavy (non-hydrogen) atoms. The highest BCUT2D eigenvalue weighted by atomic mass is 16.3. The summed E-state index contributed by atoms with van der Waals surface area (Å²) in [4.78, 5) is 12.2. The number of aliphatic hydroxyl groups excluding tert-OH is 2. The predicted molar refractivity (Wildman–Crippen MR) is 83.0 cm³/mol. The molecule has 0 fully saturated rings. The molecule has 0 unspecified atom stereocenters. The molecule has 4 nitrogen and oxygen atoms in total.